The third kappa shape index (κ3) is 5.03. The predicted molar refractivity (Wildman–Crippen MR) is 124 cm³/mol. The number of rotatable bonds is 9. The molecule has 1 N–H and O–H groups in total. The van der Waals surface area contributed by atoms with Crippen LogP contribution in [0.25, 0.3) is 0 Å². The van der Waals surface area contributed by atoms with E-state index in [0.29, 0.717) is 42.0 Å². The lowest BCUT2D eigenvalue weighted by Crippen LogP contribution is -2.42. The summed E-state index contributed by atoms with van der Waals surface area (Å²) >= 11 is 6.06. The van der Waals surface area contributed by atoms with Crippen LogP contribution in [0.3, 0.4) is 0 Å². The summed E-state index contributed by atoms with van der Waals surface area (Å²) in [4.78, 5) is 0. The van der Waals surface area contributed by atoms with Gasteiger partial charge in [0.15, 0.2) is 35.2 Å². The molecule has 0 amide bonds. The zero-order valence-corrected chi connectivity index (χ0v) is 18.8. The quantitative estimate of drug-likeness (QED) is 0.463. The average Bonchev–Trinajstić information content (AvgIpc) is 2.83. The highest BCUT2D eigenvalue weighted by molar-refractivity contribution is 6.30. The molecule has 6 nitrogen and oxygen atoms in total. The first-order valence-electron chi connectivity index (χ1n) is 10.4. The van der Waals surface area contributed by atoms with Crippen LogP contribution >= 0.6 is 11.6 Å². The maximum Gasteiger partial charge on any atom is 0.203 e. The number of hydrogen-bond donors (Lipinski definition) is 1. The summed E-state index contributed by atoms with van der Waals surface area (Å²) in [5.74, 6) is 3.32. The molecular formula is C25H26ClNO5. The second kappa shape index (κ2) is 10.5. The van der Waals surface area contributed by atoms with Crippen LogP contribution < -0.4 is 29.0 Å². The van der Waals surface area contributed by atoms with Gasteiger partial charge < -0.3 is 29.0 Å². The molecule has 3 aromatic rings. The Bertz CT molecular complexity index is 1000. The zero-order chi connectivity index (χ0) is 22.3. The maximum atomic E-state index is 6.28. The van der Waals surface area contributed by atoms with Crippen LogP contribution in [0.15, 0.2) is 66.7 Å². The van der Waals surface area contributed by atoms with Crippen molar-refractivity contribution in [3.63, 3.8) is 0 Å². The van der Waals surface area contributed by atoms with Crippen LogP contribution in [0.5, 0.6) is 28.7 Å². The molecule has 168 valence electrons. The fraction of sp³-hybridized carbons (Fsp3) is 0.280. The van der Waals surface area contributed by atoms with E-state index in [1.165, 1.54) is 0 Å². The van der Waals surface area contributed by atoms with Crippen LogP contribution in [-0.2, 0) is 0 Å². The Morgan fingerprint density at radius 1 is 0.844 bits per heavy atom. The molecular weight excluding hydrogens is 430 g/mol. The van der Waals surface area contributed by atoms with Gasteiger partial charge in [0.05, 0.1) is 14.2 Å². The number of ether oxygens (including phenoxy) is 5. The van der Waals surface area contributed by atoms with Crippen molar-refractivity contribution in [2.45, 2.75) is 12.2 Å². The number of nitrogens with one attached hydrogen (secondary N) is 1. The summed E-state index contributed by atoms with van der Waals surface area (Å²) < 4.78 is 29.2. The minimum atomic E-state index is -0.259. The molecule has 1 heterocycles. The summed E-state index contributed by atoms with van der Waals surface area (Å²) in [7, 11) is 3.21. The lowest BCUT2D eigenvalue weighted by atomic mass is 10.0. The van der Waals surface area contributed by atoms with Crippen LogP contribution in [0.4, 0.5) is 0 Å². The van der Waals surface area contributed by atoms with Crippen LogP contribution in [0, 0.1) is 0 Å². The summed E-state index contributed by atoms with van der Waals surface area (Å²) in [6.45, 7) is 1.62. The molecule has 32 heavy (non-hydrogen) atoms. The van der Waals surface area contributed by atoms with Gasteiger partial charge in [0.2, 0.25) is 5.75 Å². The van der Waals surface area contributed by atoms with Gasteiger partial charge >= 0.3 is 0 Å². The number of fused-ring (bicyclic) bond motifs is 1. The molecule has 3 aromatic carbocycles. The van der Waals surface area contributed by atoms with E-state index in [1.54, 1.807) is 14.2 Å². The molecule has 0 saturated heterocycles. The Hall–Kier alpha value is -3.09. The molecule has 0 aliphatic carbocycles. The lowest BCUT2D eigenvalue weighted by Gasteiger charge is -2.34. The third-order valence-corrected chi connectivity index (χ3v) is 5.42. The Morgan fingerprint density at radius 3 is 2.16 bits per heavy atom. The third-order valence-electron chi connectivity index (χ3n) is 5.17. The number of benzene rings is 3. The number of hydrogen-bond acceptors (Lipinski definition) is 6. The van der Waals surface area contributed by atoms with E-state index >= 15 is 0 Å². The van der Waals surface area contributed by atoms with Gasteiger partial charge in [-0.2, -0.15) is 0 Å². The van der Waals surface area contributed by atoms with Gasteiger partial charge in [-0.25, -0.2) is 0 Å². The average molecular weight is 456 g/mol. The van der Waals surface area contributed by atoms with Gasteiger partial charge in [0.1, 0.15) is 6.61 Å². The predicted octanol–water partition coefficient (Wildman–Crippen LogP) is 4.91. The van der Waals surface area contributed by atoms with Crippen molar-refractivity contribution < 1.29 is 23.7 Å². The van der Waals surface area contributed by atoms with Crippen LogP contribution in [-0.4, -0.2) is 40.0 Å². The Kier molecular flexibility index (Phi) is 7.24. The highest BCUT2D eigenvalue weighted by atomic mass is 35.5. The molecule has 0 bridgehead atoms. The van der Waals surface area contributed by atoms with Crippen molar-refractivity contribution >= 4 is 11.6 Å². The smallest absolute Gasteiger partial charge is 0.203 e. The number of methoxy groups -OCH3 is 2. The van der Waals surface area contributed by atoms with Gasteiger partial charge in [-0.05, 0) is 42.0 Å². The van der Waals surface area contributed by atoms with E-state index in [4.69, 9.17) is 35.3 Å². The van der Waals surface area contributed by atoms with Crippen LogP contribution in [0.2, 0.25) is 5.02 Å². The summed E-state index contributed by atoms with van der Waals surface area (Å²) in [5.41, 5.74) is 1.01. The molecule has 0 saturated carbocycles. The van der Waals surface area contributed by atoms with Gasteiger partial charge in [-0.3, -0.25) is 0 Å². The standard InChI is InChI=1S/C25H26ClNO5/c1-28-21-8-5-9-22(29-2)25(21)30-15-14-27-16-23-24(17-10-12-18(26)13-11-17)32-20-7-4-3-6-19(20)31-23/h3-13,23-24,27H,14-16H2,1-2H3/t23-,24-/m1/s1. The monoisotopic (exact) mass is 455 g/mol. The largest absolute Gasteiger partial charge is 0.493 e. The first kappa shape index (κ1) is 22.1. The van der Waals surface area contributed by atoms with Crippen molar-refractivity contribution in [3.05, 3.63) is 77.3 Å². The van der Waals surface area contributed by atoms with Crippen molar-refractivity contribution in [2.75, 3.05) is 33.9 Å². The Morgan fingerprint density at radius 2 is 1.50 bits per heavy atom. The Labute approximate surface area is 193 Å². The highest BCUT2D eigenvalue weighted by Gasteiger charge is 2.32. The maximum absolute atomic E-state index is 6.28. The molecule has 0 fully saturated rings. The van der Waals surface area contributed by atoms with E-state index in [-0.39, 0.29) is 12.2 Å². The van der Waals surface area contributed by atoms with E-state index < -0.39 is 0 Å². The van der Waals surface area contributed by atoms with Gasteiger partial charge in [0, 0.05) is 18.1 Å². The van der Waals surface area contributed by atoms with Gasteiger partial charge in [-0.1, -0.05) is 41.9 Å². The molecule has 1 aliphatic rings. The van der Waals surface area contributed by atoms with Crippen molar-refractivity contribution in [2.24, 2.45) is 0 Å². The van der Waals surface area contributed by atoms with E-state index in [2.05, 4.69) is 5.32 Å². The van der Waals surface area contributed by atoms with Crippen molar-refractivity contribution in [1.29, 1.82) is 0 Å². The fourth-order valence-electron chi connectivity index (χ4n) is 3.60. The van der Waals surface area contributed by atoms with Crippen molar-refractivity contribution in [1.82, 2.24) is 5.32 Å². The minimum absolute atomic E-state index is 0.216. The summed E-state index contributed by atoms with van der Waals surface area (Å²) in [6, 6.07) is 20.9. The van der Waals surface area contributed by atoms with E-state index in [9.17, 15) is 0 Å². The summed E-state index contributed by atoms with van der Waals surface area (Å²) in [5, 5.41) is 4.09. The molecule has 0 unspecified atom stereocenters. The second-order valence-electron chi connectivity index (χ2n) is 7.24. The Balaban J connectivity index is 1.38. The zero-order valence-electron chi connectivity index (χ0n) is 18.0. The molecule has 1 aliphatic heterocycles. The molecule has 4 rings (SSSR count). The summed E-state index contributed by atoms with van der Waals surface area (Å²) in [6.07, 6.45) is -0.475. The highest BCUT2D eigenvalue weighted by Crippen LogP contribution is 2.39. The minimum Gasteiger partial charge on any atom is -0.493 e. The molecule has 2 atom stereocenters. The SMILES string of the molecule is COc1cccc(OC)c1OCCNC[C@H]1Oc2ccccc2O[C@@H]1c1ccc(Cl)cc1. The molecule has 7 heteroatoms. The molecule has 0 radical (unpaired) electrons. The van der Waals surface area contributed by atoms with Gasteiger partial charge in [0.25, 0.3) is 0 Å². The van der Waals surface area contributed by atoms with Crippen molar-refractivity contribution in [3.8, 4) is 28.7 Å². The van der Waals surface area contributed by atoms with E-state index in [1.807, 2.05) is 66.7 Å². The van der Waals surface area contributed by atoms with Crippen LogP contribution in [0.1, 0.15) is 11.7 Å². The normalized spacial score (nSPS) is 17.0. The fourth-order valence-corrected chi connectivity index (χ4v) is 3.72. The second-order valence-corrected chi connectivity index (χ2v) is 7.67. The lowest BCUT2D eigenvalue weighted by molar-refractivity contribution is 0.0198. The first-order valence-corrected chi connectivity index (χ1v) is 10.8. The number of para-hydroxylation sites is 3. The van der Waals surface area contributed by atoms with E-state index in [0.717, 1.165) is 17.1 Å². The molecule has 0 spiro atoms. The topological polar surface area (TPSA) is 58.2 Å². The first-order chi connectivity index (χ1) is 15.7. The molecule has 0 aromatic heterocycles. The van der Waals surface area contributed by atoms with Gasteiger partial charge in [-0.15, -0.1) is 0 Å². The number of halogens is 1.